The zero-order chi connectivity index (χ0) is 21.1. The Hall–Kier alpha value is -3.87. The van der Waals surface area contributed by atoms with Crippen LogP contribution in [0, 0.1) is 5.82 Å². The number of nitrogens with zero attached hydrogens (tertiary/aromatic N) is 3. The fourth-order valence-corrected chi connectivity index (χ4v) is 4.84. The van der Waals surface area contributed by atoms with E-state index in [0.717, 1.165) is 47.6 Å². The van der Waals surface area contributed by atoms with Crippen LogP contribution < -0.4 is 5.73 Å². The molecule has 2 aromatic carbocycles. The van der Waals surface area contributed by atoms with Gasteiger partial charge in [0, 0.05) is 34.9 Å². The van der Waals surface area contributed by atoms with Crippen molar-refractivity contribution >= 4 is 27.8 Å². The molecule has 1 atom stereocenters. The average Bonchev–Trinajstić information content (AvgIpc) is 3.36. The molecule has 0 saturated heterocycles. The number of benzene rings is 2. The summed E-state index contributed by atoms with van der Waals surface area (Å²) in [5.74, 6) is -0.219. The third-order valence-electron chi connectivity index (χ3n) is 6.32. The summed E-state index contributed by atoms with van der Waals surface area (Å²) in [6, 6.07) is 13.1. The molecule has 1 aliphatic carbocycles. The summed E-state index contributed by atoms with van der Waals surface area (Å²) in [7, 11) is 0. The van der Waals surface area contributed by atoms with Crippen LogP contribution in [0.3, 0.4) is 0 Å². The third-order valence-corrected chi connectivity index (χ3v) is 6.32. The summed E-state index contributed by atoms with van der Waals surface area (Å²) < 4.78 is 16.0. The topological polar surface area (TPSA) is 92.8 Å². The number of H-pyrrole nitrogens is 1. The van der Waals surface area contributed by atoms with E-state index in [4.69, 9.17) is 5.73 Å². The molecular formula is C24H20FN5O. The summed E-state index contributed by atoms with van der Waals surface area (Å²) in [6.07, 6.45) is 6.47. The molecule has 0 aliphatic heterocycles. The molecule has 1 unspecified atom stereocenters. The maximum Gasteiger partial charge on any atom is 0.146 e. The molecule has 0 saturated carbocycles. The van der Waals surface area contributed by atoms with Gasteiger partial charge in [0.1, 0.15) is 29.4 Å². The van der Waals surface area contributed by atoms with Gasteiger partial charge in [0.2, 0.25) is 0 Å². The van der Waals surface area contributed by atoms with Crippen LogP contribution in [0.5, 0.6) is 5.75 Å². The number of aromatic hydroxyl groups is 1. The lowest BCUT2D eigenvalue weighted by atomic mass is 9.88. The van der Waals surface area contributed by atoms with E-state index < -0.39 is 5.82 Å². The molecule has 31 heavy (non-hydrogen) atoms. The number of fused-ring (bicyclic) bond motifs is 3. The molecule has 0 spiro atoms. The minimum atomic E-state index is -0.485. The fraction of sp³-hybridized carbons (Fsp3) is 0.167. The molecular weight excluding hydrogens is 393 g/mol. The van der Waals surface area contributed by atoms with Crippen LogP contribution in [-0.4, -0.2) is 24.6 Å². The number of halogens is 1. The summed E-state index contributed by atoms with van der Waals surface area (Å²) in [4.78, 5) is 12.0. The Balaban J connectivity index is 1.53. The quantitative estimate of drug-likeness (QED) is 0.390. The normalized spacial score (nSPS) is 16.1. The Labute approximate surface area is 177 Å². The minimum Gasteiger partial charge on any atom is -0.506 e. The summed E-state index contributed by atoms with van der Waals surface area (Å²) >= 11 is 0. The highest BCUT2D eigenvalue weighted by Gasteiger charge is 2.25. The Bertz CT molecular complexity index is 1470. The van der Waals surface area contributed by atoms with Crippen LogP contribution in [0.1, 0.15) is 23.6 Å². The van der Waals surface area contributed by atoms with Crippen molar-refractivity contribution in [1.29, 1.82) is 0 Å². The number of anilines is 1. The molecule has 5 aromatic rings. The van der Waals surface area contributed by atoms with Crippen molar-refractivity contribution in [2.45, 2.75) is 25.3 Å². The SMILES string of the molecule is Nc1ncnc2c1c(-c1cc3cc(F)cc(O)c3[nH]1)cn2C1CCc2ccccc2C1. The van der Waals surface area contributed by atoms with Gasteiger partial charge in [-0.25, -0.2) is 14.4 Å². The second-order valence-electron chi connectivity index (χ2n) is 8.15. The number of aromatic nitrogens is 4. The lowest BCUT2D eigenvalue weighted by Crippen LogP contribution is -2.18. The van der Waals surface area contributed by atoms with Crippen molar-refractivity contribution in [3.05, 3.63) is 71.9 Å². The van der Waals surface area contributed by atoms with E-state index in [-0.39, 0.29) is 11.8 Å². The van der Waals surface area contributed by atoms with Crippen molar-refractivity contribution in [2.24, 2.45) is 0 Å². The number of nitrogens with one attached hydrogen (secondary N) is 1. The van der Waals surface area contributed by atoms with Gasteiger partial charge in [-0.15, -0.1) is 0 Å². The molecule has 7 heteroatoms. The molecule has 3 aromatic heterocycles. The Morgan fingerprint density at radius 3 is 2.84 bits per heavy atom. The molecule has 154 valence electrons. The first-order chi connectivity index (χ1) is 15.1. The van der Waals surface area contributed by atoms with Crippen molar-refractivity contribution < 1.29 is 9.50 Å². The van der Waals surface area contributed by atoms with Gasteiger partial charge in [-0.05, 0) is 42.5 Å². The zero-order valence-corrected chi connectivity index (χ0v) is 16.6. The second-order valence-corrected chi connectivity index (χ2v) is 8.15. The molecule has 6 rings (SSSR count). The standard InChI is InChI=1S/C24H20FN5O/c25-16-7-15-9-19(29-22(15)20(31)10-16)18-11-30(24-21(18)23(26)27-12-28-24)17-6-5-13-3-1-2-4-14(13)8-17/h1-4,7,9-12,17,29,31H,5-6,8H2,(H2,26,27,28). The van der Waals surface area contributed by atoms with E-state index >= 15 is 0 Å². The lowest BCUT2D eigenvalue weighted by molar-refractivity contribution is 0.452. The third kappa shape index (κ3) is 2.77. The maximum absolute atomic E-state index is 13.8. The zero-order valence-electron chi connectivity index (χ0n) is 16.6. The summed E-state index contributed by atoms with van der Waals surface area (Å²) in [6.45, 7) is 0. The Kier molecular flexibility index (Phi) is 3.80. The monoisotopic (exact) mass is 413 g/mol. The molecule has 0 bridgehead atoms. The van der Waals surface area contributed by atoms with Gasteiger partial charge in [-0.3, -0.25) is 0 Å². The van der Waals surface area contributed by atoms with Gasteiger partial charge in [-0.2, -0.15) is 0 Å². The number of nitrogens with two attached hydrogens (primary N) is 1. The first kappa shape index (κ1) is 17.9. The smallest absolute Gasteiger partial charge is 0.146 e. The van der Waals surface area contributed by atoms with Crippen LogP contribution in [-0.2, 0) is 12.8 Å². The lowest BCUT2D eigenvalue weighted by Gasteiger charge is -2.26. The van der Waals surface area contributed by atoms with E-state index in [1.165, 1.54) is 23.5 Å². The highest BCUT2D eigenvalue weighted by atomic mass is 19.1. The van der Waals surface area contributed by atoms with E-state index in [2.05, 4.69) is 43.8 Å². The Morgan fingerprint density at radius 1 is 1.13 bits per heavy atom. The number of phenols is 1. The predicted octanol–water partition coefficient (Wildman–Crippen LogP) is 4.74. The predicted molar refractivity (Wildman–Crippen MR) is 118 cm³/mol. The van der Waals surface area contributed by atoms with Crippen LogP contribution in [0.25, 0.3) is 33.2 Å². The number of hydrogen-bond acceptors (Lipinski definition) is 4. The summed E-state index contributed by atoms with van der Waals surface area (Å²) in [5, 5.41) is 11.5. The van der Waals surface area contributed by atoms with E-state index in [9.17, 15) is 9.50 Å². The molecule has 3 heterocycles. The van der Waals surface area contributed by atoms with Crippen LogP contribution in [0.4, 0.5) is 10.2 Å². The van der Waals surface area contributed by atoms with Crippen molar-refractivity contribution in [1.82, 2.24) is 19.5 Å². The van der Waals surface area contributed by atoms with Crippen LogP contribution in [0.2, 0.25) is 0 Å². The van der Waals surface area contributed by atoms with Gasteiger partial charge >= 0.3 is 0 Å². The number of hydrogen-bond donors (Lipinski definition) is 3. The van der Waals surface area contributed by atoms with Gasteiger partial charge in [0.15, 0.2) is 0 Å². The molecule has 6 nitrogen and oxygen atoms in total. The maximum atomic E-state index is 13.8. The van der Waals surface area contributed by atoms with E-state index in [1.54, 1.807) is 0 Å². The van der Waals surface area contributed by atoms with Crippen molar-refractivity contribution in [3.8, 4) is 17.0 Å². The Morgan fingerprint density at radius 2 is 1.97 bits per heavy atom. The number of nitrogen functional groups attached to an aromatic ring is 1. The highest BCUT2D eigenvalue weighted by molar-refractivity contribution is 6.02. The van der Waals surface area contributed by atoms with Gasteiger partial charge in [-0.1, -0.05) is 24.3 Å². The first-order valence-corrected chi connectivity index (χ1v) is 10.3. The van der Waals surface area contributed by atoms with Crippen molar-refractivity contribution in [3.63, 3.8) is 0 Å². The first-order valence-electron chi connectivity index (χ1n) is 10.3. The van der Waals surface area contributed by atoms with Gasteiger partial charge in [0.25, 0.3) is 0 Å². The van der Waals surface area contributed by atoms with Crippen molar-refractivity contribution in [2.75, 3.05) is 5.73 Å². The molecule has 4 N–H and O–H groups in total. The second kappa shape index (κ2) is 6.57. The molecule has 0 fully saturated rings. The van der Waals surface area contributed by atoms with E-state index in [0.29, 0.717) is 16.7 Å². The van der Waals surface area contributed by atoms with Crippen LogP contribution >= 0.6 is 0 Å². The minimum absolute atomic E-state index is 0.127. The number of aryl methyl sites for hydroxylation is 1. The number of aromatic amines is 1. The molecule has 0 amide bonds. The van der Waals surface area contributed by atoms with Crippen LogP contribution in [0.15, 0.2) is 55.0 Å². The molecule has 1 aliphatic rings. The largest absolute Gasteiger partial charge is 0.506 e. The van der Waals surface area contributed by atoms with Gasteiger partial charge < -0.3 is 20.4 Å². The number of phenolic OH excluding ortho intramolecular Hbond substituents is 1. The highest BCUT2D eigenvalue weighted by Crippen LogP contribution is 2.39. The summed E-state index contributed by atoms with van der Waals surface area (Å²) in [5.41, 5.74) is 11.9. The molecule has 0 radical (unpaired) electrons. The van der Waals surface area contributed by atoms with Gasteiger partial charge in [0.05, 0.1) is 10.9 Å². The average molecular weight is 413 g/mol. The fourth-order valence-electron chi connectivity index (χ4n) is 4.84. The number of rotatable bonds is 2. The van der Waals surface area contributed by atoms with E-state index in [1.807, 2.05) is 12.3 Å².